The Morgan fingerprint density at radius 3 is 2.52 bits per heavy atom. The summed E-state index contributed by atoms with van der Waals surface area (Å²) >= 11 is 1.29. The smallest absolute Gasteiger partial charge is 0.336 e. The molecule has 1 saturated heterocycles. The lowest BCUT2D eigenvalue weighted by atomic mass is 9.98. The molecule has 0 radical (unpaired) electrons. The van der Waals surface area contributed by atoms with Gasteiger partial charge in [0, 0.05) is 18.8 Å². The number of alkyl halides is 3. The fourth-order valence-corrected chi connectivity index (χ4v) is 3.12. The number of hydrogen-bond acceptors (Lipinski definition) is 3. The van der Waals surface area contributed by atoms with Crippen LogP contribution in [0.15, 0.2) is 35.7 Å². The van der Waals surface area contributed by atoms with Gasteiger partial charge in [-0.1, -0.05) is 6.07 Å². The van der Waals surface area contributed by atoms with Gasteiger partial charge in [0.2, 0.25) is 5.91 Å². The third-order valence-corrected chi connectivity index (χ3v) is 4.67. The summed E-state index contributed by atoms with van der Waals surface area (Å²) in [6.45, 7) is 0.381. The number of halogens is 4. The summed E-state index contributed by atoms with van der Waals surface area (Å²) in [4.78, 5) is 26.2. The van der Waals surface area contributed by atoms with E-state index >= 15 is 0 Å². The van der Waals surface area contributed by atoms with Crippen LogP contribution in [0.25, 0.3) is 0 Å². The van der Waals surface area contributed by atoms with Gasteiger partial charge in [-0.05, 0) is 29.6 Å². The van der Waals surface area contributed by atoms with Gasteiger partial charge in [-0.25, -0.2) is 4.39 Å². The molecule has 2 aromatic rings. The molecule has 1 aromatic heterocycles. The van der Waals surface area contributed by atoms with E-state index < -0.39 is 29.4 Å². The van der Waals surface area contributed by atoms with Gasteiger partial charge in [0.1, 0.15) is 5.82 Å². The van der Waals surface area contributed by atoms with Crippen LogP contribution in [0.4, 0.5) is 23.2 Å². The zero-order valence-corrected chi connectivity index (χ0v) is 13.5. The number of carbonyl (C=O) groups excluding carboxylic acids is 2. The molecule has 3 rings (SSSR count). The van der Waals surface area contributed by atoms with Crippen LogP contribution in [0.5, 0.6) is 0 Å². The van der Waals surface area contributed by atoms with Crippen LogP contribution in [0, 0.1) is 11.7 Å². The van der Waals surface area contributed by atoms with E-state index in [0.29, 0.717) is 17.0 Å². The Balaban J connectivity index is 1.60. The fraction of sp³-hybridized carbons (Fsp3) is 0.250. The van der Waals surface area contributed by atoms with Crippen molar-refractivity contribution in [3.8, 4) is 0 Å². The van der Waals surface area contributed by atoms with Gasteiger partial charge in [-0.15, -0.1) is 11.3 Å². The maximum absolute atomic E-state index is 13.2. The first-order valence-corrected chi connectivity index (χ1v) is 8.14. The molecular formula is C16H12F4N2O2S. The van der Waals surface area contributed by atoms with Crippen molar-refractivity contribution in [3.05, 3.63) is 52.0 Å². The molecule has 132 valence electrons. The third kappa shape index (κ3) is 3.65. The monoisotopic (exact) mass is 372 g/mol. The van der Waals surface area contributed by atoms with Gasteiger partial charge in [0.25, 0.3) is 5.91 Å². The second-order valence-electron chi connectivity index (χ2n) is 5.57. The summed E-state index contributed by atoms with van der Waals surface area (Å²) in [5.74, 6) is -2.60. The minimum atomic E-state index is -4.84. The quantitative estimate of drug-likeness (QED) is 0.837. The van der Waals surface area contributed by atoms with E-state index in [1.807, 2.05) is 0 Å². The van der Waals surface area contributed by atoms with Crippen molar-refractivity contribution in [1.82, 2.24) is 4.90 Å². The van der Waals surface area contributed by atoms with Crippen LogP contribution >= 0.6 is 11.3 Å². The summed E-state index contributed by atoms with van der Waals surface area (Å²) in [5.41, 5.74) is -1.57. The average molecular weight is 372 g/mol. The number of nitrogens with zero attached hydrogens (tertiary/aromatic N) is 1. The van der Waals surface area contributed by atoms with Crippen LogP contribution in [0.2, 0.25) is 0 Å². The maximum atomic E-state index is 13.2. The van der Waals surface area contributed by atoms with E-state index in [9.17, 15) is 27.2 Å². The molecule has 25 heavy (non-hydrogen) atoms. The topological polar surface area (TPSA) is 49.4 Å². The second kappa shape index (κ2) is 6.47. The second-order valence-corrected chi connectivity index (χ2v) is 6.51. The molecule has 2 amide bonds. The Kier molecular flexibility index (Phi) is 4.51. The van der Waals surface area contributed by atoms with Crippen molar-refractivity contribution in [1.29, 1.82) is 0 Å². The molecule has 0 bridgehead atoms. The zero-order valence-electron chi connectivity index (χ0n) is 12.6. The summed E-state index contributed by atoms with van der Waals surface area (Å²) in [7, 11) is 0. The number of nitrogens with one attached hydrogen (secondary N) is 1. The molecule has 0 aliphatic carbocycles. The van der Waals surface area contributed by atoms with E-state index in [1.165, 1.54) is 16.2 Å². The highest BCUT2D eigenvalue weighted by Crippen LogP contribution is 2.33. The van der Waals surface area contributed by atoms with Crippen molar-refractivity contribution in [2.75, 3.05) is 18.4 Å². The number of benzene rings is 1. The van der Waals surface area contributed by atoms with Crippen molar-refractivity contribution >= 4 is 28.8 Å². The highest BCUT2D eigenvalue weighted by atomic mass is 32.1. The van der Waals surface area contributed by atoms with Crippen LogP contribution in [0.3, 0.4) is 0 Å². The van der Waals surface area contributed by atoms with E-state index in [2.05, 4.69) is 5.32 Å². The Morgan fingerprint density at radius 1 is 1.20 bits per heavy atom. The number of rotatable bonds is 3. The maximum Gasteiger partial charge on any atom is 0.419 e. The summed E-state index contributed by atoms with van der Waals surface area (Å²) in [6, 6.07) is 5.70. The van der Waals surface area contributed by atoms with E-state index in [0.717, 1.165) is 6.07 Å². The number of thiophene rings is 1. The minimum absolute atomic E-state index is 0.137. The Bertz CT molecular complexity index is 799. The molecule has 1 aliphatic heterocycles. The van der Waals surface area contributed by atoms with Gasteiger partial charge < -0.3 is 10.2 Å². The molecular weight excluding hydrogens is 360 g/mol. The summed E-state index contributed by atoms with van der Waals surface area (Å²) < 4.78 is 51.3. The Morgan fingerprint density at radius 2 is 1.92 bits per heavy atom. The van der Waals surface area contributed by atoms with Crippen LogP contribution in [-0.4, -0.2) is 29.8 Å². The zero-order chi connectivity index (χ0) is 18.2. The lowest BCUT2D eigenvalue weighted by Gasteiger charge is -2.37. The first-order chi connectivity index (χ1) is 11.8. The average Bonchev–Trinajstić information content (AvgIpc) is 3.00. The van der Waals surface area contributed by atoms with E-state index in [1.54, 1.807) is 17.5 Å². The molecule has 0 saturated carbocycles. The van der Waals surface area contributed by atoms with E-state index in [-0.39, 0.29) is 24.7 Å². The van der Waals surface area contributed by atoms with Crippen LogP contribution in [0.1, 0.15) is 15.2 Å². The number of carbonyl (C=O) groups is 2. The first kappa shape index (κ1) is 17.4. The van der Waals surface area contributed by atoms with Gasteiger partial charge in [0.05, 0.1) is 16.4 Å². The molecule has 1 aromatic carbocycles. The van der Waals surface area contributed by atoms with Crippen LogP contribution < -0.4 is 5.32 Å². The van der Waals surface area contributed by atoms with Crippen molar-refractivity contribution in [2.45, 2.75) is 6.18 Å². The molecule has 1 aliphatic rings. The van der Waals surface area contributed by atoms with Gasteiger partial charge in [0.15, 0.2) is 0 Å². The predicted octanol–water partition coefficient (Wildman–Crippen LogP) is 3.62. The molecule has 0 spiro atoms. The first-order valence-electron chi connectivity index (χ1n) is 7.26. The SMILES string of the molecule is O=C(Nc1ccc(F)c(C(F)(F)F)c1)C1CN(C(=O)c2cccs2)C1. The molecule has 1 N–H and O–H groups in total. The fourth-order valence-electron chi connectivity index (χ4n) is 2.43. The standard InChI is InChI=1S/C16H12F4N2O2S/c17-12-4-3-10(6-11(12)16(18,19)20)21-14(23)9-7-22(8-9)15(24)13-2-1-5-25-13/h1-6,9H,7-8H2,(H,21,23). The number of anilines is 1. The number of amides is 2. The highest BCUT2D eigenvalue weighted by molar-refractivity contribution is 7.12. The van der Waals surface area contributed by atoms with Gasteiger partial charge in [-0.3, -0.25) is 9.59 Å². The molecule has 9 heteroatoms. The van der Waals surface area contributed by atoms with Crippen LogP contribution in [-0.2, 0) is 11.0 Å². The predicted molar refractivity (Wildman–Crippen MR) is 83.7 cm³/mol. The Labute approximate surface area is 144 Å². The molecule has 1 fully saturated rings. The van der Waals surface area contributed by atoms with Crippen molar-refractivity contribution in [2.24, 2.45) is 5.92 Å². The lowest BCUT2D eigenvalue weighted by Crippen LogP contribution is -2.54. The molecule has 0 atom stereocenters. The van der Waals surface area contributed by atoms with Gasteiger partial charge in [-0.2, -0.15) is 13.2 Å². The molecule has 4 nitrogen and oxygen atoms in total. The molecule has 2 heterocycles. The Hall–Kier alpha value is -2.42. The van der Waals surface area contributed by atoms with Crippen molar-refractivity contribution < 1.29 is 27.2 Å². The van der Waals surface area contributed by atoms with E-state index in [4.69, 9.17) is 0 Å². The number of likely N-dealkylation sites (tertiary alicyclic amines) is 1. The largest absolute Gasteiger partial charge is 0.419 e. The normalized spacial score (nSPS) is 15.0. The number of hydrogen-bond donors (Lipinski definition) is 1. The van der Waals surface area contributed by atoms with Gasteiger partial charge >= 0.3 is 6.18 Å². The minimum Gasteiger partial charge on any atom is -0.336 e. The third-order valence-electron chi connectivity index (χ3n) is 3.81. The van der Waals surface area contributed by atoms with Crippen molar-refractivity contribution in [3.63, 3.8) is 0 Å². The summed E-state index contributed by atoms with van der Waals surface area (Å²) in [5, 5.41) is 4.10. The summed E-state index contributed by atoms with van der Waals surface area (Å²) in [6.07, 6.45) is -4.84. The highest BCUT2D eigenvalue weighted by Gasteiger charge is 2.37. The lowest BCUT2D eigenvalue weighted by molar-refractivity contribution is -0.140. The molecule has 0 unspecified atom stereocenters.